The lowest BCUT2D eigenvalue weighted by Crippen LogP contribution is -2.58. The molecule has 2 aliphatic heterocycles. The minimum Gasteiger partial charge on any atom is -0.444 e. The third-order valence-corrected chi connectivity index (χ3v) is 11.7. The highest BCUT2D eigenvalue weighted by Crippen LogP contribution is 2.44. The van der Waals surface area contributed by atoms with Crippen LogP contribution in [0.25, 0.3) is 0 Å². The summed E-state index contributed by atoms with van der Waals surface area (Å²) < 4.78 is 41.8. The van der Waals surface area contributed by atoms with Gasteiger partial charge in [-0.25, -0.2) is 18.2 Å². The van der Waals surface area contributed by atoms with E-state index >= 15 is 0 Å². The molecule has 1 saturated carbocycles. The first-order valence-electron chi connectivity index (χ1n) is 19.2. The van der Waals surface area contributed by atoms with Crippen LogP contribution in [0.5, 0.6) is 0 Å². The van der Waals surface area contributed by atoms with E-state index in [1.807, 2.05) is 12.2 Å². The first-order chi connectivity index (χ1) is 26.5. The predicted molar refractivity (Wildman–Crippen MR) is 209 cm³/mol. The molecule has 1 aromatic carbocycles. The summed E-state index contributed by atoms with van der Waals surface area (Å²) in [7, 11) is -1.89. The van der Waals surface area contributed by atoms with E-state index in [4.69, 9.17) is 9.47 Å². The third-order valence-electron chi connectivity index (χ3n) is 10.5. The van der Waals surface area contributed by atoms with Crippen LogP contribution in [0.4, 0.5) is 14.0 Å². The molecule has 4 aliphatic rings. The summed E-state index contributed by atoms with van der Waals surface area (Å²) in [4.78, 5) is 72.0. The number of carbonyl (C=O) groups excluding carboxylic acids is 5. The van der Waals surface area contributed by atoms with Gasteiger partial charge < -0.3 is 25.0 Å². The second-order valence-electron chi connectivity index (χ2n) is 16.0. The Morgan fingerprint density at radius 1 is 1.12 bits per heavy atom. The van der Waals surface area contributed by atoms with Crippen molar-refractivity contribution in [2.75, 3.05) is 19.6 Å². The number of halogens is 1. The summed E-state index contributed by atoms with van der Waals surface area (Å²) in [5, 5.41) is 5.55. The number of nitrogens with zero attached hydrogens (tertiary/aromatic N) is 2. The molecule has 0 aromatic heterocycles. The van der Waals surface area contributed by atoms with Crippen LogP contribution >= 0.6 is 0 Å². The van der Waals surface area contributed by atoms with Crippen LogP contribution < -0.4 is 15.4 Å². The van der Waals surface area contributed by atoms with Crippen molar-refractivity contribution in [3.63, 3.8) is 0 Å². The van der Waals surface area contributed by atoms with Gasteiger partial charge in [0.15, 0.2) is 11.0 Å². The van der Waals surface area contributed by atoms with Crippen molar-refractivity contribution in [3.05, 3.63) is 77.7 Å². The molecule has 1 aromatic rings. The molecular formula is C41H54FN5O8S. The summed E-state index contributed by atoms with van der Waals surface area (Å²) in [6, 6.07) is 4.67. The number of likely N-dealkylation sites (tertiary alicyclic amines) is 1. The SMILES string of the molecule is C=CCCCCCC(NC(=O)OC(C)(C)C)C(=O)N1CC(OC(=O)N2CC3=C(C2)C(F)=CC=CC3)CC1C(=O)NC1(C(=O)NS(=O)c2ccccc2C)CC1C. The topological polar surface area (TPSA) is 163 Å². The van der Waals surface area contributed by atoms with E-state index in [1.54, 1.807) is 65.0 Å². The Labute approximate surface area is 330 Å². The van der Waals surface area contributed by atoms with E-state index in [9.17, 15) is 32.6 Å². The standard InChI is InChI=1S/C41H54FN5O8S/c1-7-8-9-10-11-19-32(43-38(51)55-40(4,5)6)36(49)47-24-29(54-39(52)46-23-28-17-13-14-18-31(42)30(28)25-46)21-33(47)35(48)44-41(22-27(41)3)37(50)45-56(53)34-20-15-12-16-26(34)2/h7,12-16,18,20,27,29,32-33H,1,8-11,17,19,21-25H2,2-6H3,(H,43,51)(H,44,48)(H,45,50). The molecule has 13 nitrogen and oxygen atoms in total. The number of amides is 5. The van der Waals surface area contributed by atoms with Gasteiger partial charge in [-0.05, 0) is 89.0 Å². The molecular weight excluding hydrogens is 742 g/mol. The molecule has 5 rings (SSSR count). The van der Waals surface area contributed by atoms with Crippen molar-refractivity contribution in [2.45, 2.75) is 120 Å². The molecule has 0 bridgehead atoms. The fourth-order valence-corrected chi connectivity index (χ4v) is 8.31. The second-order valence-corrected chi connectivity index (χ2v) is 17.2. The summed E-state index contributed by atoms with van der Waals surface area (Å²) >= 11 is 0. The smallest absolute Gasteiger partial charge is 0.410 e. The number of benzene rings is 1. The number of unbranched alkanes of at least 4 members (excludes halogenated alkanes) is 3. The highest BCUT2D eigenvalue weighted by Gasteiger charge is 2.60. The predicted octanol–water partition coefficient (Wildman–Crippen LogP) is 5.59. The summed E-state index contributed by atoms with van der Waals surface area (Å²) in [5.74, 6) is -2.58. The largest absolute Gasteiger partial charge is 0.444 e. The highest BCUT2D eigenvalue weighted by atomic mass is 32.2. The third kappa shape index (κ3) is 10.3. The van der Waals surface area contributed by atoms with Crippen molar-refractivity contribution in [1.82, 2.24) is 25.2 Å². The zero-order chi connectivity index (χ0) is 40.8. The lowest BCUT2D eigenvalue weighted by Gasteiger charge is -2.30. The monoisotopic (exact) mass is 795 g/mol. The minimum absolute atomic E-state index is 0.0184. The van der Waals surface area contributed by atoms with Crippen molar-refractivity contribution >= 4 is 40.9 Å². The highest BCUT2D eigenvalue weighted by molar-refractivity contribution is 7.83. The molecule has 0 spiro atoms. The number of carbonyl (C=O) groups is 5. The molecule has 2 heterocycles. The Morgan fingerprint density at radius 3 is 2.54 bits per heavy atom. The average Bonchev–Trinajstić information content (AvgIpc) is 3.43. The Bertz CT molecular complexity index is 1840. The normalized spacial score (nSPS) is 24.0. The maximum atomic E-state index is 14.7. The van der Waals surface area contributed by atoms with E-state index in [-0.39, 0.29) is 44.8 Å². The zero-order valence-electron chi connectivity index (χ0n) is 32.9. The summed E-state index contributed by atoms with van der Waals surface area (Å²) in [6.45, 7) is 12.4. The number of rotatable bonds is 14. The first-order valence-corrected chi connectivity index (χ1v) is 20.4. The van der Waals surface area contributed by atoms with Gasteiger partial charge in [-0.15, -0.1) is 6.58 Å². The van der Waals surface area contributed by atoms with Gasteiger partial charge in [0.2, 0.25) is 11.8 Å². The summed E-state index contributed by atoms with van der Waals surface area (Å²) in [5.41, 5.74) is -0.305. The fraction of sp³-hybridized carbons (Fsp3) is 0.537. The van der Waals surface area contributed by atoms with E-state index in [0.29, 0.717) is 23.3 Å². The number of allylic oxidation sites excluding steroid dienone is 4. The van der Waals surface area contributed by atoms with E-state index in [2.05, 4.69) is 21.9 Å². The molecule has 56 heavy (non-hydrogen) atoms. The van der Waals surface area contributed by atoms with Gasteiger partial charge in [-0.1, -0.05) is 56.2 Å². The second kappa shape index (κ2) is 18.0. The van der Waals surface area contributed by atoms with Crippen molar-refractivity contribution < 1.29 is 42.0 Å². The van der Waals surface area contributed by atoms with E-state index in [1.165, 1.54) is 15.9 Å². The average molecular weight is 796 g/mol. The Hall–Kier alpha value is -4.79. The van der Waals surface area contributed by atoms with Gasteiger partial charge in [0.25, 0.3) is 5.91 Å². The summed E-state index contributed by atoms with van der Waals surface area (Å²) in [6.07, 6.45) is 8.04. The number of ether oxygens (including phenoxy) is 2. The molecule has 0 radical (unpaired) electrons. The minimum atomic E-state index is -1.89. The molecule has 2 aliphatic carbocycles. The number of hydrogen-bond acceptors (Lipinski definition) is 8. The van der Waals surface area contributed by atoms with Gasteiger partial charge in [0.1, 0.15) is 35.2 Å². The maximum absolute atomic E-state index is 14.7. The van der Waals surface area contributed by atoms with Crippen LogP contribution in [0.2, 0.25) is 0 Å². The fourth-order valence-electron chi connectivity index (χ4n) is 7.29. The van der Waals surface area contributed by atoms with Crippen LogP contribution in [0, 0.1) is 12.8 Å². The molecule has 15 heteroatoms. The Balaban J connectivity index is 1.35. The van der Waals surface area contributed by atoms with Gasteiger partial charge in [-0.2, -0.15) is 0 Å². The Morgan fingerprint density at radius 2 is 1.86 bits per heavy atom. The molecule has 1 saturated heterocycles. The number of aryl methyl sites for hydroxylation is 1. The first kappa shape index (κ1) is 42.4. The van der Waals surface area contributed by atoms with Gasteiger partial charge in [0.05, 0.1) is 18.0 Å². The van der Waals surface area contributed by atoms with E-state index < -0.39 is 76.0 Å². The molecule has 3 N–H and O–H groups in total. The number of nitrogens with one attached hydrogen (secondary N) is 3. The molecule has 6 atom stereocenters. The zero-order valence-corrected chi connectivity index (χ0v) is 33.7. The number of hydrogen-bond donors (Lipinski definition) is 3. The van der Waals surface area contributed by atoms with Crippen LogP contribution in [0.1, 0.15) is 84.6 Å². The molecule has 304 valence electrons. The maximum Gasteiger partial charge on any atom is 0.410 e. The Kier molecular flexibility index (Phi) is 13.6. The van der Waals surface area contributed by atoms with Crippen LogP contribution in [0.15, 0.2) is 77.0 Å². The van der Waals surface area contributed by atoms with Crippen LogP contribution in [0.3, 0.4) is 0 Å². The van der Waals surface area contributed by atoms with E-state index in [0.717, 1.165) is 30.4 Å². The van der Waals surface area contributed by atoms with Gasteiger partial charge in [-0.3, -0.25) is 24.0 Å². The molecule has 5 amide bonds. The van der Waals surface area contributed by atoms with Crippen molar-refractivity contribution in [3.8, 4) is 0 Å². The van der Waals surface area contributed by atoms with Crippen molar-refractivity contribution in [1.29, 1.82) is 0 Å². The molecule has 2 fully saturated rings. The van der Waals surface area contributed by atoms with Crippen LogP contribution in [-0.4, -0.2) is 92.9 Å². The lowest BCUT2D eigenvalue weighted by molar-refractivity contribution is -0.141. The van der Waals surface area contributed by atoms with Gasteiger partial charge >= 0.3 is 12.2 Å². The van der Waals surface area contributed by atoms with Crippen molar-refractivity contribution in [2.24, 2.45) is 5.92 Å². The lowest BCUT2D eigenvalue weighted by atomic mass is 10.0. The van der Waals surface area contributed by atoms with Crippen LogP contribution in [-0.2, 0) is 34.8 Å². The number of alkyl carbamates (subject to hydrolysis) is 1. The quantitative estimate of drug-likeness (QED) is 0.162. The molecule has 6 unspecified atom stereocenters. The van der Waals surface area contributed by atoms with Gasteiger partial charge in [0, 0.05) is 18.5 Å².